The summed E-state index contributed by atoms with van der Waals surface area (Å²) in [5, 5.41) is 20.6. The van der Waals surface area contributed by atoms with Crippen LogP contribution in [-0.2, 0) is 0 Å². The topological polar surface area (TPSA) is 88.2 Å². The molecule has 20 heavy (non-hydrogen) atoms. The van der Waals surface area contributed by atoms with Crippen LogP contribution in [0.15, 0.2) is 41.5 Å². The lowest BCUT2D eigenvalue weighted by molar-refractivity contribution is 0.186. The summed E-state index contributed by atoms with van der Waals surface area (Å²) in [7, 11) is 0. The minimum Gasteiger partial charge on any atom is -0.506 e. The monoisotopic (exact) mass is 269 g/mol. The van der Waals surface area contributed by atoms with Crippen molar-refractivity contribution in [1.82, 2.24) is 14.7 Å². The van der Waals surface area contributed by atoms with E-state index in [4.69, 9.17) is 0 Å². The van der Waals surface area contributed by atoms with Crippen molar-refractivity contribution in [1.29, 1.82) is 0 Å². The number of aryl methyl sites for hydroxylation is 1. The maximum absolute atomic E-state index is 12.2. The van der Waals surface area contributed by atoms with Crippen molar-refractivity contribution in [2.24, 2.45) is 0 Å². The fourth-order valence-electron chi connectivity index (χ4n) is 2.19. The normalized spacial score (nSPS) is 10.8. The third kappa shape index (κ3) is 1.62. The molecular weight excluding hydrogens is 258 g/mol. The minimum absolute atomic E-state index is 0.0142. The van der Waals surface area contributed by atoms with Crippen LogP contribution in [0.5, 0.6) is 5.75 Å². The Kier molecular flexibility index (Phi) is 2.64. The Morgan fingerprint density at radius 1 is 1.15 bits per heavy atom. The van der Waals surface area contributed by atoms with Gasteiger partial charge in [0.15, 0.2) is 5.65 Å². The predicted molar refractivity (Wildman–Crippen MR) is 72.8 cm³/mol. The Hall–Kier alpha value is -2.89. The molecule has 0 radical (unpaired) electrons. The molecule has 0 atom stereocenters. The number of fused-ring (bicyclic) bond motifs is 1. The first kappa shape index (κ1) is 12.2. The van der Waals surface area contributed by atoms with Gasteiger partial charge in [-0.2, -0.15) is 0 Å². The Morgan fingerprint density at radius 3 is 2.55 bits per heavy atom. The molecule has 0 aliphatic rings. The molecule has 6 nitrogen and oxygen atoms in total. The predicted octanol–water partition coefficient (Wildman–Crippen LogP) is 1.71. The molecular formula is C14H11N3O3. The van der Waals surface area contributed by atoms with E-state index in [9.17, 15) is 15.1 Å². The summed E-state index contributed by atoms with van der Waals surface area (Å²) < 4.78 is 0.437. The van der Waals surface area contributed by atoms with Crippen molar-refractivity contribution in [2.75, 3.05) is 0 Å². The summed E-state index contributed by atoms with van der Waals surface area (Å²) >= 11 is 0. The molecule has 0 spiro atoms. The molecule has 100 valence electrons. The maximum Gasteiger partial charge on any atom is 0.296 e. The highest BCUT2D eigenvalue weighted by Crippen LogP contribution is 2.32. The lowest BCUT2D eigenvalue weighted by atomic mass is 10.0. The van der Waals surface area contributed by atoms with Crippen molar-refractivity contribution >= 4 is 11.0 Å². The van der Waals surface area contributed by atoms with E-state index in [1.165, 1.54) is 6.33 Å². The number of rotatable bonds is 1. The average molecular weight is 269 g/mol. The zero-order chi connectivity index (χ0) is 14.3. The molecule has 0 amide bonds. The van der Waals surface area contributed by atoms with Crippen LogP contribution in [0.4, 0.5) is 0 Å². The SMILES string of the molecule is Cc1ncnc2c1c(O)c(-c1ccccc1)c(=O)n2O. The lowest BCUT2D eigenvalue weighted by Gasteiger charge is -2.10. The molecule has 6 heteroatoms. The molecule has 0 aliphatic carbocycles. The third-order valence-corrected chi connectivity index (χ3v) is 3.16. The fraction of sp³-hybridized carbons (Fsp3) is 0.0714. The van der Waals surface area contributed by atoms with Gasteiger partial charge in [0.1, 0.15) is 12.1 Å². The standard InChI is InChI=1S/C14H11N3O3/c1-8-10-12(18)11(9-5-3-2-4-6-9)14(19)17(20)13(10)16-7-15-8/h2-7,18,20H,1H3. The first-order valence-electron chi connectivity index (χ1n) is 5.95. The van der Waals surface area contributed by atoms with Gasteiger partial charge in [-0.25, -0.2) is 9.97 Å². The molecule has 3 rings (SSSR count). The van der Waals surface area contributed by atoms with E-state index in [1.807, 2.05) is 0 Å². The van der Waals surface area contributed by atoms with E-state index in [0.717, 1.165) is 0 Å². The van der Waals surface area contributed by atoms with Gasteiger partial charge in [0.05, 0.1) is 16.6 Å². The van der Waals surface area contributed by atoms with Crippen LogP contribution in [0, 0.1) is 6.92 Å². The molecule has 1 aromatic carbocycles. The average Bonchev–Trinajstić information content (AvgIpc) is 2.46. The molecule has 0 aliphatic heterocycles. The van der Waals surface area contributed by atoms with Gasteiger partial charge in [-0.15, -0.1) is 4.73 Å². The molecule has 0 saturated heterocycles. The number of benzene rings is 1. The molecule has 2 heterocycles. The van der Waals surface area contributed by atoms with Crippen LogP contribution >= 0.6 is 0 Å². The summed E-state index contributed by atoms with van der Waals surface area (Å²) in [5.74, 6) is -0.223. The highest BCUT2D eigenvalue weighted by atomic mass is 16.5. The highest BCUT2D eigenvalue weighted by Gasteiger charge is 2.19. The Labute approximate surface area is 113 Å². The van der Waals surface area contributed by atoms with E-state index in [2.05, 4.69) is 9.97 Å². The minimum atomic E-state index is -0.723. The van der Waals surface area contributed by atoms with Gasteiger partial charge in [0, 0.05) is 0 Å². The first-order valence-corrected chi connectivity index (χ1v) is 5.95. The van der Waals surface area contributed by atoms with Crippen LogP contribution in [0.3, 0.4) is 0 Å². The Morgan fingerprint density at radius 2 is 1.85 bits per heavy atom. The van der Waals surface area contributed by atoms with Crippen molar-refractivity contribution in [2.45, 2.75) is 6.92 Å². The molecule has 0 saturated carbocycles. The zero-order valence-corrected chi connectivity index (χ0v) is 10.6. The van der Waals surface area contributed by atoms with E-state index < -0.39 is 5.56 Å². The van der Waals surface area contributed by atoms with Crippen LogP contribution in [0.1, 0.15) is 5.69 Å². The van der Waals surface area contributed by atoms with Crippen LogP contribution in [-0.4, -0.2) is 25.0 Å². The van der Waals surface area contributed by atoms with E-state index >= 15 is 0 Å². The highest BCUT2D eigenvalue weighted by molar-refractivity contribution is 5.91. The van der Waals surface area contributed by atoms with Crippen molar-refractivity contribution in [3.8, 4) is 16.9 Å². The van der Waals surface area contributed by atoms with Crippen molar-refractivity contribution < 1.29 is 10.3 Å². The summed E-state index contributed by atoms with van der Waals surface area (Å²) in [5.41, 5.74) is 0.285. The van der Waals surface area contributed by atoms with Gasteiger partial charge >= 0.3 is 0 Å². The molecule has 3 aromatic rings. The summed E-state index contributed by atoms with van der Waals surface area (Å²) in [6, 6.07) is 8.65. The second-order valence-corrected chi connectivity index (χ2v) is 4.36. The number of pyridine rings is 1. The molecule has 2 aromatic heterocycles. The number of aromatic hydroxyl groups is 1. The fourth-order valence-corrected chi connectivity index (χ4v) is 2.19. The smallest absolute Gasteiger partial charge is 0.296 e. The van der Waals surface area contributed by atoms with E-state index in [-0.39, 0.29) is 22.3 Å². The molecule has 0 bridgehead atoms. The largest absolute Gasteiger partial charge is 0.506 e. The zero-order valence-electron chi connectivity index (χ0n) is 10.6. The number of aromatic nitrogens is 3. The van der Waals surface area contributed by atoms with E-state index in [0.29, 0.717) is 16.0 Å². The van der Waals surface area contributed by atoms with Gasteiger partial charge in [-0.3, -0.25) is 4.79 Å². The summed E-state index contributed by atoms with van der Waals surface area (Å²) in [6.07, 6.45) is 1.23. The number of nitrogens with zero attached hydrogens (tertiary/aromatic N) is 3. The van der Waals surface area contributed by atoms with Gasteiger partial charge in [0.25, 0.3) is 5.56 Å². The van der Waals surface area contributed by atoms with Gasteiger partial charge < -0.3 is 10.3 Å². The molecule has 2 N–H and O–H groups in total. The first-order chi connectivity index (χ1) is 9.61. The summed E-state index contributed by atoms with van der Waals surface area (Å²) in [4.78, 5) is 20.0. The van der Waals surface area contributed by atoms with Crippen molar-refractivity contribution in [3.05, 3.63) is 52.7 Å². The molecule has 0 unspecified atom stereocenters. The maximum atomic E-state index is 12.2. The second-order valence-electron chi connectivity index (χ2n) is 4.36. The Bertz CT molecular complexity index is 857. The lowest BCUT2D eigenvalue weighted by Crippen LogP contribution is -2.21. The Balaban J connectivity index is 2.52. The van der Waals surface area contributed by atoms with E-state index in [1.54, 1.807) is 37.3 Å². The van der Waals surface area contributed by atoms with Crippen LogP contribution in [0.25, 0.3) is 22.2 Å². The summed E-state index contributed by atoms with van der Waals surface area (Å²) in [6.45, 7) is 1.67. The number of hydrogen-bond acceptors (Lipinski definition) is 5. The van der Waals surface area contributed by atoms with Gasteiger partial charge in [-0.1, -0.05) is 30.3 Å². The quantitative estimate of drug-likeness (QED) is 0.656. The van der Waals surface area contributed by atoms with Crippen molar-refractivity contribution in [3.63, 3.8) is 0 Å². The van der Waals surface area contributed by atoms with Gasteiger partial charge in [-0.05, 0) is 12.5 Å². The number of hydrogen-bond donors (Lipinski definition) is 2. The van der Waals surface area contributed by atoms with Crippen LogP contribution < -0.4 is 5.56 Å². The molecule has 0 fully saturated rings. The van der Waals surface area contributed by atoms with Gasteiger partial charge in [0.2, 0.25) is 0 Å². The van der Waals surface area contributed by atoms with Crippen LogP contribution in [0.2, 0.25) is 0 Å². The second kappa shape index (κ2) is 4.34. The third-order valence-electron chi connectivity index (χ3n) is 3.16.